The van der Waals surface area contributed by atoms with Gasteiger partial charge in [-0.25, -0.2) is 8.42 Å². The Labute approximate surface area is 101 Å². The van der Waals surface area contributed by atoms with E-state index >= 15 is 0 Å². The van der Waals surface area contributed by atoms with Crippen molar-refractivity contribution in [3.63, 3.8) is 0 Å². The summed E-state index contributed by atoms with van der Waals surface area (Å²) in [6.07, 6.45) is 0.960. The standard InChI is InChI=1S/C10H20BrNO2S/c1-8-9(7-11)5-6-12(8)15(13,14)10(2,3)4/h8-9H,5-7H2,1-4H3. The van der Waals surface area contributed by atoms with Gasteiger partial charge in [0.2, 0.25) is 10.0 Å². The molecule has 1 fully saturated rings. The van der Waals surface area contributed by atoms with Gasteiger partial charge >= 0.3 is 0 Å². The molecule has 1 aliphatic heterocycles. The van der Waals surface area contributed by atoms with E-state index in [9.17, 15) is 8.42 Å². The smallest absolute Gasteiger partial charge is 0.212 e. The van der Waals surface area contributed by atoms with Gasteiger partial charge in [-0.05, 0) is 40.0 Å². The Hall–Kier alpha value is 0.390. The van der Waals surface area contributed by atoms with E-state index in [4.69, 9.17) is 0 Å². The number of halogens is 1. The Morgan fingerprint density at radius 1 is 1.40 bits per heavy atom. The van der Waals surface area contributed by atoms with Gasteiger partial charge in [-0.2, -0.15) is 4.31 Å². The molecule has 0 spiro atoms. The van der Waals surface area contributed by atoms with Crippen LogP contribution in [0.3, 0.4) is 0 Å². The molecular formula is C10H20BrNO2S. The molecule has 0 amide bonds. The van der Waals surface area contributed by atoms with Crippen molar-refractivity contribution >= 4 is 26.0 Å². The van der Waals surface area contributed by atoms with Gasteiger partial charge in [0.1, 0.15) is 0 Å². The molecule has 0 aliphatic carbocycles. The van der Waals surface area contributed by atoms with Crippen LogP contribution < -0.4 is 0 Å². The molecule has 0 radical (unpaired) electrons. The van der Waals surface area contributed by atoms with Crippen molar-refractivity contribution in [1.29, 1.82) is 0 Å². The lowest BCUT2D eigenvalue weighted by molar-refractivity contribution is 0.363. The van der Waals surface area contributed by atoms with Gasteiger partial charge in [0.25, 0.3) is 0 Å². The molecule has 1 heterocycles. The molecule has 0 aromatic rings. The van der Waals surface area contributed by atoms with Crippen LogP contribution in [0.25, 0.3) is 0 Å². The average Bonchev–Trinajstić information content (AvgIpc) is 2.44. The van der Waals surface area contributed by atoms with Gasteiger partial charge < -0.3 is 0 Å². The van der Waals surface area contributed by atoms with Crippen molar-refractivity contribution in [2.75, 3.05) is 11.9 Å². The second-order valence-corrected chi connectivity index (χ2v) is 8.46. The quantitative estimate of drug-likeness (QED) is 0.733. The van der Waals surface area contributed by atoms with Crippen LogP contribution in [0.5, 0.6) is 0 Å². The molecule has 0 aromatic carbocycles. The molecule has 0 bridgehead atoms. The largest absolute Gasteiger partial charge is 0.219 e. The van der Waals surface area contributed by atoms with Crippen LogP contribution in [0.15, 0.2) is 0 Å². The molecule has 0 saturated carbocycles. The van der Waals surface area contributed by atoms with E-state index < -0.39 is 14.8 Å². The van der Waals surface area contributed by atoms with E-state index in [2.05, 4.69) is 15.9 Å². The van der Waals surface area contributed by atoms with Crippen molar-refractivity contribution in [3.8, 4) is 0 Å². The number of sulfonamides is 1. The molecule has 2 atom stereocenters. The summed E-state index contributed by atoms with van der Waals surface area (Å²) in [4.78, 5) is 0. The van der Waals surface area contributed by atoms with Crippen LogP contribution in [-0.2, 0) is 10.0 Å². The lowest BCUT2D eigenvalue weighted by Crippen LogP contribution is -2.45. The molecule has 0 aromatic heterocycles. The summed E-state index contributed by atoms with van der Waals surface area (Å²) in [5.74, 6) is 0.446. The van der Waals surface area contributed by atoms with Crippen LogP contribution >= 0.6 is 15.9 Å². The monoisotopic (exact) mass is 297 g/mol. The molecule has 1 rings (SSSR count). The van der Waals surface area contributed by atoms with E-state index in [0.29, 0.717) is 12.5 Å². The summed E-state index contributed by atoms with van der Waals surface area (Å²) in [7, 11) is -3.16. The second-order valence-electron chi connectivity index (χ2n) is 5.17. The molecule has 1 saturated heterocycles. The first kappa shape index (κ1) is 13.5. The van der Waals surface area contributed by atoms with Crippen molar-refractivity contribution in [1.82, 2.24) is 4.31 Å². The minimum atomic E-state index is -3.16. The minimum absolute atomic E-state index is 0.119. The summed E-state index contributed by atoms with van der Waals surface area (Å²) in [6.45, 7) is 7.95. The lowest BCUT2D eigenvalue weighted by atomic mass is 10.1. The van der Waals surface area contributed by atoms with Gasteiger partial charge in [0.15, 0.2) is 0 Å². The molecule has 5 heteroatoms. The predicted octanol–water partition coefficient (Wildman–Crippen LogP) is 2.22. The van der Waals surface area contributed by atoms with E-state index in [1.807, 2.05) is 6.92 Å². The van der Waals surface area contributed by atoms with E-state index in [0.717, 1.165) is 11.8 Å². The van der Waals surface area contributed by atoms with Crippen molar-refractivity contribution in [2.24, 2.45) is 5.92 Å². The van der Waals surface area contributed by atoms with Crippen LogP contribution in [-0.4, -0.2) is 35.4 Å². The van der Waals surface area contributed by atoms with Gasteiger partial charge in [-0.3, -0.25) is 0 Å². The van der Waals surface area contributed by atoms with E-state index in [1.54, 1.807) is 25.1 Å². The highest BCUT2D eigenvalue weighted by molar-refractivity contribution is 9.09. The molecule has 2 unspecified atom stereocenters. The Morgan fingerprint density at radius 3 is 2.27 bits per heavy atom. The molecular weight excluding hydrogens is 278 g/mol. The zero-order valence-corrected chi connectivity index (χ0v) is 12.2. The van der Waals surface area contributed by atoms with Crippen molar-refractivity contribution in [3.05, 3.63) is 0 Å². The zero-order chi connectivity index (χ0) is 11.9. The zero-order valence-electron chi connectivity index (χ0n) is 9.83. The topological polar surface area (TPSA) is 37.4 Å². The fourth-order valence-corrected chi connectivity index (χ4v) is 4.39. The van der Waals surface area contributed by atoms with Crippen LogP contribution in [0.1, 0.15) is 34.1 Å². The SMILES string of the molecule is CC1C(CBr)CCN1S(=O)(=O)C(C)(C)C. The first-order valence-electron chi connectivity index (χ1n) is 5.29. The third kappa shape index (κ3) is 2.39. The number of alkyl halides is 1. The molecule has 0 N–H and O–H groups in total. The third-order valence-electron chi connectivity index (χ3n) is 3.14. The Balaban J connectivity index is 2.93. The van der Waals surface area contributed by atoms with Gasteiger partial charge in [0.05, 0.1) is 4.75 Å². The summed E-state index contributed by atoms with van der Waals surface area (Å²) >= 11 is 3.44. The fraction of sp³-hybridized carbons (Fsp3) is 1.00. The number of hydrogen-bond acceptors (Lipinski definition) is 2. The minimum Gasteiger partial charge on any atom is -0.212 e. The molecule has 90 valence electrons. The molecule has 1 aliphatic rings. The first-order chi connectivity index (χ1) is 6.71. The fourth-order valence-electron chi connectivity index (χ4n) is 1.87. The van der Waals surface area contributed by atoms with Crippen molar-refractivity contribution in [2.45, 2.75) is 44.9 Å². The maximum absolute atomic E-state index is 12.2. The molecule has 3 nitrogen and oxygen atoms in total. The van der Waals surface area contributed by atoms with Crippen LogP contribution in [0.4, 0.5) is 0 Å². The van der Waals surface area contributed by atoms with Gasteiger partial charge in [-0.15, -0.1) is 0 Å². The van der Waals surface area contributed by atoms with Crippen molar-refractivity contribution < 1.29 is 8.42 Å². The summed E-state index contributed by atoms with van der Waals surface area (Å²) in [6, 6.07) is 0.119. The normalized spacial score (nSPS) is 29.7. The Morgan fingerprint density at radius 2 is 1.93 bits per heavy atom. The second kappa shape index (κ2) is 4.34. The summed E-state index contributed by atoms with van der Waals surface area (Å²) in [5.41, 5.74) is 0. The Kier molecular flexibility index (Phi) is 3.89. The highest BCUT2D eigenvalue weighted by Gasteiger charge is 2.43. The lowest BCUT2D eigenvalue weighted by Gasteiger charge is -2.30. The number of nitrogens with zero attached hydrogens (tertiary/aromatic N) is 1. The van der Waals surface area contributed by atoms with E-state index in [-0.39, 0.29) is 6.04 Å². The highest BCUT2D eigenvalue weighted by Crippen LogP contribution is 2.32. The van der Waals surface area contributed by atoms with Gasteiger partial charge in [0, 0.05) is 17.9 Å². The summed E-state index contributed by atoms with van der Waals surface area (Å²) in [5, 5.41) is 0.879. The molecule has 15 heavy (non-hydrogen) atoms. The number of rotatable bonds is 2. The first-order valence-corrected chi connectivity index (χ1v) is 7.85. The highest BCUT2D eigenvalue weighted by atomic mass is 79.9. The Bertz CT molecular complexity index is 321. The predicted molar refractivity (Wildman–Crippen MR) is 66.7 cm³/mol. The average molecular weight is 298 g/mol. The summed E-state index contributed by atoms with van der Waals surface area (Å²) < 4.78 is 25.4. The maximum atomic E-state index is 12.2. The van der Waals surface area contributed by atoms with Crippen LogP contribution in [0.2, 0.25) is 0 Å². The van der Waals surface area contributed by atoms with E-state index in [1.165, 1.54) is 0 Å². The third-order valence-corrected chi connectivity index (χ3v) is 6.65. The number of hydrogen-bond donors (Lipinski definition) is 0. The maximum Gasteiger partial charge on any atom is 0.219 e. The van der Waals surface area contributed by atoms with Gasteiger partial charge in [-0.1, -0.05) is 15.9 Å². The van der Waals surface area contributed by atoms with Crippen LogP contribution in [0, 0.1) is 5.92 Å².